The van der Waals surface area contributed by atoms with Gasteiger partial charge in [0, 0.05) is 24.1 Å². The molecule has 1 saturated carbocycles. The average molecular weight is 295 g/mol. The Morgan fingerprint density at radius 2 is 1.86 bits per heavy atom. The lowest BCUT2D eigenvalue weighted by atomic mass is 9.80. The van der Waals surface area contributed by atoms with E-state index < -0.39 is 0 Å². The van der Waals surface area contributed by atoms with Crippen LogP contribution in [-0.4, -0.2) is 37.0 Å². The minimum Gasteiger partial charge on any atom is -0.381 e. The lowest BCUT2D eigenvalue weighted by molar-refractivity contribution is -0.0546. The Hall–Kier alpha value is -0.120. The molecule has 0 radical (unpaired) electrons. The van der Waals surface area contributed by atoms with Crippen LogP contribution in [0.5, 0.6) is 0 Å². The minimum absolute atomic E-state index is 0.179. The predicted octanol–water partition coefficient (Wildman–Crippen LogP) is 3.66. The van der Waals surface area contributed by atoms with Crippen molar-refractivity contribution < 1.29 is 9.47 Å². The maximum Gasteiger partial charge on any atom is 0.0687 e. The Kier molecular flexibility index (Phi) is 4.37. The average Bonchev–Trinajstić information content (AvgIpc) is 3.12. The van der Waals surface area contributed by atoms with Gasteiger partial charge in [-0.1, -0.05) is 12.8 Å². The summed E-state index contributed by atoms with van der Waals surface area (Å²) in [6.45, 7) is 9.62. The van der Waals surface area contributed by atoms with E-state index in [2.05, 4.69) is 26.1 Å². The highest BCUT2D eigenvalue weighted by Crippen LogP contribution is 2.46. The molecule has 0 amide bonds. The first kappa shape index (κ1) is 15.8. The van der Waals surface area contributed by atoms with Crippen molar-refractivity contribution >= 4 is 0 Å². The molecule has 2 aliphatic heterocycles. The lowest BCUT2D eigenvalue weighted by Crippen LogP contribution is -2.45. The van der Waals surface area contributed by atoms with Crippen LogP contribution in [0.25, 0.3) is 0 Å². The third kappa shape index (κ3) is 3.80. The fraction of sp³-hybridized carbons (Fsp3) is 1.00. The van der Waals surface area contributed by atoms with Crippen LogP contribution in [-0.2, 0) is 9.47 Å². The summed E-state index contributed by atoms with van der Waals surface area (Å²) < 4.78 is 12.3. The van der Waals surface area contributed by atoms with Crippen molar-refractivity contribution in [2.24, 2.45) is 5.41 Å². The molecule has 0 aromatic carbocycles. The predicted molar refractivity (Wildman–Crippen MR) is 85.5 cm³/mol. The van der Waals surface area contributed by atoms with Crippen molar-refractivity contribution in [3.63, 3.8) is 0 Å². The second-order valence-corrected chi connectivity index (χ2v) is 8.78. The Morgan fingerprint density at radius 3 is 2.48 bits per heavy atom. The van der Waals surface area contributed by atoms with Gasteiger partial charge in [0.15, 0.2) is 0 Å². The fourth-order valence-electron chi connectivity index (χ4n) is 4.38. The smallest absolute Gasteiger partial charge is 0.0687 e. The van der Waals surface area contributed by atoms with Gasteiger partial charge in [-0.15, -0.1) is 0 Å². The van der Waals surface area contributed by atoms with E-state index in [0.717, 1.165) is 19.8 Å². The number of hydrogen-bond donors (Lipinski definition) is 1. The van der Waals surface area contributed by atoms with E-state index in [-0.39, 0.29) is 11.1 Å². The molecule has 3 aliphatic rings. The summed E-state index contributed by atoms with van der Waals surface area (Å²) in [7, 11) is 0. The van der Waals surface area contributed by atoms with Crippen molar-refractivity contribution in [1.29, 1.82) is 0 Å². The first-order valence-electron chi connectivity index (χ1n) is 8.91. The third-order valence-corrected chi connectivity index (χ3v) is 5.69. The van der Waals surface area contributed by atoms with Crippen molar-refractivity contribution in [1.82, 2.24) is 5.32 Å². The second-order valence-electron chi connectivity index (χ2n) is 8.78. The first-order valence-corrected chi connectivity index (χ1v) is 8.91. The Balaban J connectivity index is 1.58. The molecule has 0 aromatic rings. The summed E-state index contributed by atoms with van der Waals surface area (Å²) in [4.78, 5) is 0. The highest BCUT2D eigenvalue weighted by atomic mass is 16.5. The zero-order chi connectivity index (χ0) is 15.0. The molecule has 21 heavy (non-hydrogen) atoms. The quantitative estimate of drug-likeness (QED) is 0.858. The van der Waals surface area contributed by atoms with Crippen molar-refractivity contribution in [3.05, 3.63) is 0 Å². The third-order valence-electron chi connectivity index (χ3n) is 5.69. The second kappa shape index (κ2) is 5.82. The van der Waals surface area contributed by atoms with Gasteiger partial charge in [-0.05, 0) is 59.3 Å². The number of rotatable bonds is 4. The first-order chi connectivity index (χ1) is 9.91. The summed E-state index contributed by atoms with van der Waals surface area (Å²) in [5, 5.41) is 3.70. The number of nitrogens with one attached hydrogen (secondary N) is 1. The van der Waals surface area contributed by atoms with Crippen LogP contribution < -0.4 is 5.32 Å². The molecular formula is C18H33NO2. The summed E-state index contributed by atoms with van der Waals surface area (Å²) in [5.74, 6) is 0. The van der Waals surface area contributed by atoms with Gasteiger partial charge in [0.25, 0.3) is 0 Å². The van der Waals surface area contributed by atoms with Crippen LogP contribution in [0.1, 0.15) is 72.1 Å². The molecule has 0 aromatic heterocycles. The molecule has 2 unspecified atom stereocenters. The van der Waals surface area contributed by atoms with E-state index in [9.17, 15) is 0 Å². The fourth-order valence-corrected chi connectivity index (χ4v) is 4.38. The molecule has 3 heteroatoms. The van der Waals surface area contributed by atoms with Crippen molar-refractivity contribution in [2.75, 3.05) is 19.8 Å². The van der Waals surface area contributed by atoms with E-state index in [4.69, 9.17) is 9.47 Å². The van der Waals surface area contributed by atoms with E-state index in [0.29, 0.717) is 11.5 Å². The Labute approximate surface area is 130 Å². The molecule has 2 atom stereocenters. The molecule has 2 saturated heterocycles. The summed E-state index contributed by atoms with van der Waals surface area (Å²) in [6, 6.07) is 0. The standard InChI is InChI=1S/C18H33NO2/c1-16(2,3)19-13-17(10-11-20-14-17)12-15-6-9-18(21-15)7-4-5-8-18/h15,19H,4-14H2,1-3H3. The van der Waals surface area contributed by atoms with Gasteiger partial charge in [-0.2, -0.15) is 0 Å². The van der Waals surface area contributed by atoms with Crippen molar-refractivity contribution in [3.8, 4) is 0 Å². The molecule has 2 heterocycles. The summed E-state index contributed by atoms with van der Waals surface area (Å²) in [5.41, 5.74) is 0.740. The zero-order valence-corrected chi connectivity index (χ0v) is 14.2. The van der Waals surface area contributed by atoms with Crippen LogP contribution in [0.2, 0.25) is 0 Å². The number of ether oxygens (including phenoxy) is 2. The van der Waals surface area contributed by atoms with Gasteiger partial charge in [0.1, 0.15) is 0 Å². The van der Waals surface area contributed by atoms with Gasteiger partial charge in [-0.3, -0.25) is 0 Å². The highest BCUT2D eigenvalue weighted by Gasteiger charge is 2.46. The molecular weight excluding hydrogens is 262 g/mol. The molecule has 3 fully saturated rings. The van der Waals surface area contributed by atoms with Gasteiger partial charge in [0.05, 0.1) is 18.3 Å². The van der Waals surface area contributed by atoms with E-state index in [1.165, 1.54) is 51.4 Å². The van der Waals surface area contributed by atoms with Crippen LogP contribution in [0.3, 0.4) is 0 Å². The van der Waals surface area contributed by atoms with E-state index in [1.54, 1.807) is 0 Å². The highest BCUT2D eigenvalue weighted by molar-refractivity contribution is 4.97. The molecule has 0 bridgehead atoms. The van der Waals surface area contributed by atoms with Crippen LogP contribution in [0.15, 0.2) is 0 Å². The molecule has 1 N–H and O–H groups in total. The maximum absolute atomic E-state index is 6.55. The molecule has 1 aliphatic carbocycles. The minimum atomic E-state index is 0.179. The molecule has 3 nitrogen and oxygen atoms in total. The Bertz CT molecular complexity index is 349. The number of hydrogen-bond acceptors (Lipinski definition) is 3. The van der Waals surface area contributed by atoms with E-state index in [1.807, 2.05) is 0 Å². The largest absolute Gasteiger partial charge is 0.381 e. The SMILES string of the molecule is CC(C)(C)NCC1(CC2CCC3(CCCC3)O2)CCOC1. The topological polar surface area (TPSA) is 30.5 Å². The Morgan fingerprint density at radius 1 is 1.10 bits per heavy atom. The summed E-state index contributed by atoms with van der Waals surface area (Å²) >= 11 is 0. The van der Waals surface area contributed by atoms with Gasteiger partial charge in [-0.25, -0.2) is 0 Å². The van der Waals surface area contributed by atoms with Gasteiger partial charge >= 0.3 is 0 Å². The lowest BCUT2D eigenvalue weighted by Gasteiger charge is -2.35. The summed E-state index contributed by atoms with van der Waals surface area (Å²) in [6.07, 6.45) is 10.7. The van der Waals surface area contributed by atoms with Gasteiger partial charge < -0.3 is 14.8 Å². The van der Waals surface area contributed by atoms with Crippen LogP contribution >= 0.6 is 0 Å². The molecule has 122 valence electrons. The van der Waals surface area contributed by atoms with Crippen LogP contribution in [0, 0.1) is 5.41 Å². The normalized spacial score (nSPS) is 35.9. The van der Waals surface area contributed by atoms with Crippen molar-refractivity contribution in [2.45, 2.75) is 89.4 Å². The molecule has 3 rings (SSSR count). The monoisotopic (exact) mass is 295 g/mol. The molecule has 1 spiro atoms. The van der Waals surface area contributed by atoms with Gasteiger partial charge in [0.2, 0.25) is 0 Å². The zero-order valence-electron chi connectivity index (χ0n) is 14.2. The van der Waals surface area contributed by atoms with Crippen LogP contribution in [0.4, 0.5) is 0 Å². The van der Waals surface area contributed by atoms with E-state index >= 15 is 0 Å². The maximum atomic E-state index is 6.55.